The molecule has 0 aliphatic heterocycles. The molecule has 0 bridgehead atoms. The first-order chi connectivity index (χ1) is 9.61. The Morgan fingerprint density at radius 3 is 2.85 bits per heavy atom. The third kappa shape index (κ3) is 3.59. The van der Waals surface area contributed by atoms with Crippen LogP contribution < -0.4 is 15.8 Å². The largest absolute Gasteiger partial charge is 0.491 e. The molecule has 1 aliphatic rings. The summed E-state index contributed by atoms with van der Waals surface area (Å²) in [6.07, 6.45) is 4.92. The molecule has 0 saturated heterocycles. The fourth-order valence-electron chi connectivity index (χ4n) is 2.96. The number of nitrogens with two attached hydrogens (primary N) is 1. The zero-order chi connectivity index (χ0) is 14.5. The summed E-state index contributed by atoms with van der Waals surface area (Å²) in [6, 6.07) is 6.59. The second-order valence-corrected chi connectivity index (χ2v) is 6.12. The topological polar surface area (TPSA) is 47.3 Å². The number of anilines is 2. The molecule has 1 aromatic rings. The molecule has 20 heavy (non-hydrogen) atoms. The molecule has 0 radical (unpaired) electrons. The van der Waals surface area contributed by atoms with Gasteiger partial charge in [0.05, 0.1) is 12.3 Å². The summed E-state index contributed by atoms with van der Waals surface area (Å²) in [5.41, 5.74) is 7.80. The molecule has 1 saturated carbocycles. The normalized spacial score (nSPS) is 26.2. The van der Waals surface area contributed by atoms with Gasteiger partial charge in [-0.15, -0.1) is 0 Å². The molecule has 3 N–H and O–H groups in total. The minimum absolute atomic E-state index is 0.557. The van der Waals surface area contributed by atoms with Gasteiger partial charge < -0.3 is 15.8 Å². The summed E-state index contributed by atoms with van der Waals surface area (Å²) in [5.74, 6) is 2.31. The molecule has 3 unspecified atom stereocenters. The van der Waals surface area contributed by atoms with Crippen molar-refractivity contribution in [2.24, 2.45) is 11.8 Å². The standard InChI is InChI=1S/C17H28N2O/c1-4-10-20-17-11-14(8-9-15(17)18)19-16-7-5-6-12(2)13(16)3/h8-9,11-13,16,19H,4-7,10,18H2,1-3H3. The van der Waals surface area contributed by atoms with Crippen molar-refractivity contribution in [2.75, 3.05) is 17.7 Å². The molecule has 0 aromatic heterocycles. The van der Waals surface area contributed by atoms with E-state index in [4.69, 9.17) is 10.5 Å². The lowest BCUT2D eigenvalue weighted by atomic mass is 9.78. The van der Waals surface area contributed by atoms with E-state index in [9.17, 15) is 0 Å². The van der Waals surface area contributed by atoms with Crippen LogP contribution in [-0.4, -0.2) is 12.6 Å². The van der Waals surface area contributed by atoms with E-state index in [2.05, 4.69) is 32.2 Å². The van der Waals surface area contributed by atoms with Gasteiger partial charge in [-0.2, -0.15) is 0 Å². The Morgan fingerprint density at radius 1 is 1.30 bits per heavy atom. The Balaban J connectivity index is 2.05. The second kappa shape index (κ2) is 6.87. The maximum Gasteiger partial charge on any atom is 0.144 e. The molecule has 3 atom stereocenters. The third-order valence-corrected chi connectivity index (χ3v) is 4.53. The maximum atomic E-state index is 5.96. The van der Waals surface area contributed by atoms with Crippen LogP contribution in [0.3, 0.4) is 0 Å². The van der Waals surface area contributed by atoms with E-state index in [-0.39, 0.29) is 0 Å². The van der Waals surface area contributed by atoms with Gasteiger partial charge in [0.15, 0.2) is 0 Å². The van der Waals surface area contributed by atoms with Crippen LogP contribution in [0.5, 0.6) is 5.75 Å². The van der Waals surface area contributed by atoms with Crippen molar-refractivity contribution in [3.05, 3.63) is 18.2 Å². The van der Waals surface area contributed by atoms with Crippen molar-refractivity contribution >= 4 is 11.4 Å². The number of benzene rings is 1. The minimum Gasteiger partial charge on any atom is -0.491 e. The van der Waals surface area contributed by atoms with Gasteiger partial charge in [-0.25, -0.2) is 0 Å². The average molecular weight is 276 g/mol. The third-order valence-electron chi connectivity index (χ3n) is 4.53. The lowest BCUT2D eigenvalue weighted by Gasteiger charge is -2.35. The number of hydrogen-bond acceptors (Lipinski definition) is 3. The Bertz CT molecular complexity index is 433. The predicted molar refractivity (Wildman–Crippen MR) is 86.2 cm³/mol. The van der Waals surface area contributed by atoms with E-state index in [0.717, 1.165) is 23.8 Å². The van der Waals surface area contributed by atoms with Gasteiger partial charge in [0.25, 0.3) is 0 Å². The van der Waals surface area contributed by atoms with Crippen molar-refractivity contribution in [1.29, 1.82) is 0 Å². The van der Waals surface area contributed by atoms with Crippen molar-refractivity contribution in [3.63, 3.8) is 0 Å². The number of ether oxygens (including phenoxy) is 1. The van der Waals surface area contributed by atoms with Gasteiger partial charge in [0.2, 0.25) is 0 Å². The summed E-state index contributed by atoms with van der Waals surface area (Å²) >= 11 is 0. The Kier molecular flexibility index (Phi) is 5.16. The summed E-state index contributed by atoms with van der Waals surface area (Å²) < 4.78 is 5.70. The van der Waals surface area contributed by atoms with Gasteiger partial charge in [-0.3, -0.25) is 0 Å². The minimum atomic E-state index is 0.557. The molecule has 3 heteroatoms. The van der Waals surface area contributed by atoms with E-state index in [1.165, 1.54) is 19.3 Å². The van der Waals surface area contributed by atoms with Gasteiger partial charge in [0.1, 0.15) is 5.75 Å². The summed E-state index contributed by atoms with van der Waals surface area (Å²) in [4.78, 5) is 0. The van der Waals surface area contributed by atoms with Gasteiger partial charge in [-0.1, -0.05) is 33.6 Å². The monoisotopic (exact) mass is 276 g/mol. The van der Waals surface area contributed by atoms with E-state index < -0.39 is 0 Å². The summed E-state index contributed by atoms with van der Waals surface area (Å²) in [6.45, 7) is 7.53. The van der Waals surface area contributed by atoms with Gasteiger partial charge in [0, 0.05) is 17.8 Å². The number of nitrogens with one attached hydrogen (secondary N) is 1. The van der Waals surface area contributed by atoms with Crippen molar-refractivity contribution < 1.29 is 4.74 Å². The quantitative estimate of drug-likeness (QED) is 0.788. The fourth-order valence-corrected chi connectivity index (χ4v) is 2.96. The highest BCUT2D eigenvalue weighted by Crippen LogP contribution is 2.33. The number of hydrogen-bond donors (Lipinski definition) is 2. The SMILES string of the molecule is CCCOc1cc(NC2CCCC(C)C2C)ccc1N. The second-order valence-electron chi connectivity index (χ2n) is 6.12. The van der Waals surface area contributed by atoms with Crippen LogP contribution in [-0.2, 0) is 0 Å². The van der Waals surface area contributed by atoms with Gasteiger partial charge in [-0.05, 0) is 36.8 Å². The van der Waals surface area contributed by atoms with Gasteiger partial charge >= 0.3 is 0 Å². The molecule has 0 spiro atoms. The molecule has 0 amide bonds. The van der Waals surface area contributed by atoms with Crippen molar-refractivity contribution in [1.82, 2.24) is 0 Å². The van der Waals surface area contributed by atoms with Crippen LogP contribution in [0.4, 0.5) is 11.4 Å². The van der Waals surface area contributed by atoms with Crippen LogP contribution in [0.1, 0.15) is 46.5 Å². The smallest absolute Gasteiger partial charge is 0.144 e. The first-order valence-corrected chi connectivity index (χ1v) is 7.90. The zero-order valence-corrected chi connectivity index (χ0v) is 13.0. The molecule has 2 rings (SSSR count). The molecular weight excluding hydrogens is 248 g/mol. The van der Waals surface area contributed by atoms with Crippen molar-refractivity contribution in [3.8, 4) is 5.75 Å². The number of nitrogen functional groups attached to an aromatic ring is 1. The molecule has 0 heterocycles. The van der Waals surface area contributed by atoms with E-state index in [1.54, 1.807) is 0 Å². The summed E-state index contributed by atoms with van der Waals surface area (Å²) in [7, 11) is 0. The van der Waals surface area contributed by atoms with E-state index >= 15 is 0 Å². The van der Waals surface area contributed by atoms with Crippen LogP contribution in [0, 0.1) is 11.8 Å². The fraction of sp³-hybridized carbons (Fsp3) is 0.647. The molecule has 112 valence electrons. The maximum absolute atomic E-state index is 5.96. The predicted octanol–water partition coefficient (Wildman–Crippen LogP) is 4.29. The summed E-state index contributed by atoms with van der Waals surface area (Å²) in [5, 5.41) is 3.67. The Morgan fingerprint density at radius 2 is 2.10 bits per heavy atom. The lowest BCUT2D eigenvalue weighted by molar-refractivity contribution is 0.253. The lowest BCUT2D eigenvalue weighted by Crippen LogP contribution is -2.34. The van der Waals surface area contributed by atoms with Crippen LogP contribution in [0.15, 0.2) is 18.2 Å². The van der Waals surface area contributed by atoms with Crippen LogP contribution in [0.25, 0.3) is 0 Å². The molecule has 1 aliphatic carbocycles. The first kappa shape index (κ1) is 15.0. The molecule has 1 fully saturated rings. The molecular formula is C17H28N2O. The average Bonchev–Trinajstić information content (AvgIpc) is 2.44. The molecule has 1 aromatic carbocycles. The first-order valence-electron chi connectivity index (χ1n) is 7.90. The van der Waals surface area contributed by atoms with Crippen LogP contribution >= 0.6 is 0 Å². The number of rotatable bonds is 5. The van der Waals surface area contributed by atoms with Crippen LogP contribution in [0.2, 0.25) is 0 Å². The highest BCUT2D eigenvalue weighted by Gasteiger charge is 2.26. The zero-order valence-electron chi connectivity index (χ0n) is 13.0. The highest BCUT2D eigenvalue weighted by atomic mass is 16.5. The van der Waals surface area contributed by atoms with E-state index in [1.807, 2.05) is 12.1 Å². The van der Waals surface area contributed by atoms with E-state index in [0.29, 0.717) is 24.3 Å². The molecule has 3 nitrogen and oxygen atoms in total. The Labute approximate surface area is 122 Å². The van der Waals surface area contributed by atoms with Crippen molar-refractivity contribution in [2.45, 2.75) is 52.5 Å². The Hall–Kier alpha value is -1.38. The highest BCUT2D eigenvalue weighted by molar-refractivity contribution is 5.61.